The number of rotatable bonds is 2. The minimum atomic E-state index is -0.965. The zero-order valence-corrected chi connectivity index (χ0v) is 5.82. The van der Waals surface area contributed by atoms with Crippen LogP contribution >= 0.6 is 0 Å². The molecule has 0 unspecified atom stereocenters. The fraction of sp³-hybridized carbons (Fsp3) is 0. The Balaban J connectivity index is 3.00. The van der Waals surface area contributed by atoms with Gasteiger partial charge >= 0.3 is 5.97 Å². The Labute approximate surface area is 64.0 Å². The summed E-state index contributed by atoms with van der Waals surface area (Å²) < 4.78 is 0. The van der Waals surface area contributed by atoms with E-state index in [4.69, 9.17) is 5.11 Å². The van der Waals surface area contributed by atoms with Crippen molar-refractivity contribution in [1.82, 2.24) is 4.98 Å². The molecule has 3 nitrogen and oxygen atoms in total. The Morgan fingerprint density at radius 2 is 2.36 bits per heavy atom. The molecule has 0 aliphatic carbocycles. The highest BCUT2D eigenvalue weighted by Gasteiger charge is 2.00. The number of aromatic nitrogens is 1. The Morgan fingerprint density at radius 3 is 2.73 bits per heavy atom. The lowest BCUT2D eigenvalue weighted by Crippen LogP contribution is -1.96. The highest BCUT2D eigenvalue weighted by molar-refractivity contribution is 5.87. The molecule has 0 aliphatic rings. The molecule has 0 radical (unpaired) electrons. The van der Waals surface area contributed by atoms with Gasteiger partial charge in [-0.2, -0.15) is 0 Å². The minimum Gasteiger partial charge on any atom is -0.478 e. The third kappa shape index (κ3) is 1.64. The molecule has 0 fully saturated rings. The van der Waals surface area contributed by atoms with Crippen LogP contribution in [-0.2, 0) is 0 Å². The van der Waals surface area contributed by atoms with Gasteiger partial charge < -0.3 is 5.11 Å². The largest absolute Gasteiger partial charge is 0.478 e. The molecular formula is C8H7NO2. The predicted molar refractivity (Wildman–Crippen MR) is 41.3 cm³/mol. The third-order valence-electron chi connectivity index (χ3n) is 1.24. The van der Waals surface area contributed by atoms with Crippen LogP contribution in [0.5, 0.6) is 0 Å². The van der Waals surface area contributed by atoms with Crippen LogP contribution in [-0.4, -0.2) is 16.1 Å². The summed E-state index contributed by atoms with van der Waals surface area (Å²) in [5, 5.41) is 8.48. The molecular weight excluding hydrogens is 142 g/mol. The highest BCUT2D eigenvalue weighted by atomic mass is 16.4. The zero-order chi connectivity index (χ0) is 8.27. The van der Waals surface area contributed by atoms with Gasteiger partial charge in [-0.05, 0) is 18.2 Å². The summed E-state index contributed by atoms with van der Waals surface area (Å²) in [6.45, 7) is 3.50. The molecule has 0 saturated heterocycles. The van der Waals surface area contributed by atoms with Gasteiger partial charge in [0.15, 0.2) is 0 Å². The van der Waals surface area contributed by atoms with Crippen molar-refractivity contribution in [1.29, 1.82) is 0 Å². The van der Waals surface area contributed by atoms with Gasteiger partial charge in [-0.25, -0.2) is 4.79 Å². The lowest BCUT2D eigenvalue weighted by atomic mass is 10.2. The number of aromatic carboxylic acids is 1. The van der Waals surface area contributed by atoms with Gasteiger partial charge in [-0.3, -0.25) is 4.98 Å². The summed E-state index contributed by atoms with van der Waals surface area (Å²) in [6.07, 6.45) is 2.87. The molecule has 11 heavy (non-hydrogen) atoms. The van der Waals surface area contributed by atoms with Crippen molar-refractivity contribution in [3.8, 4) is 0 Å². The van der Waals surface area contributed by atoms with Crippen LogP contribution in [0.25, 0.3) is 6.08 Å². The molecule has 1 aromatic rings. The molecule has 3 heteroatoms. The van der Waals surface area contributed by atoms with Gasteiger partial charge in [0.1, 0.15) is 0 Å². The van der Waals surface area contributed by atoms with Crippen LogP contribution < -0.4 is 0 Å². The summed E-state index contributed by atoms with van der Waals surface area (Å²) in [6, 6.07) is 3.10. The Bertz CT molecular complexity index is 277. The first-order valence-electron chi connectivity index (χ1n) is 3.06. The van der Waals surface area contributed by atoms with E-state index in [-0.39, 0.29) is 5.56 Å². The van der Waals surface area contributed by atoms with Crippen LogP contribution in [0.1, 0.15) is 16.1 Å². The van der Waals surface area contributed by atoms with Gasteiger partial charge in [0.05, 0.1) is 11.3 Å². The van der Waals surface area contributed by atoms with E-state index in [1.807, 2.05) is 0 Å². The van der Waals surface area contributed by atoms with Crippen molar-refractivity contribution >= 4 is 12.0 Å². The maximum Gasteiger partial charge on any atom is 0.337 e. The van der Waals surface area contributed by atoms with E-state index in [0.717, 1.165) is 0 Å². The topological polar surface area (TPSA) is 50.2 Å². The van der Waals surface area contributed by atoms with Crippen molar-refractivity contribution < 1.29 is 9.90 Å². The van der Waals surface area contributed by atoms with Crippen molar-refractivity contribution in [3.63, 3.8) is 0 Å². The molecule has 0 atom stereocenters. The number of carboxylic acids is 1. The maximum absolute atomic E-state index is 10.3. The summed E-state index contributed by atoms with van der Waals surface area (Å²) in [5.74, 6) is -0.965. The molecule has 0 bridgehead atoms. The van der Waals surface area contributed by atoms with E-state index in [9.17, 15) is 4.79 Å². The normalized spacial score (nSPS) is 9.09. The first-order chi connectivity index (χ1) is 5.24. The number of hydrogen-bond donors (Lipinski definition) is 1. The SMILES string of the molecule is C=Cc1ccc(C(=O)O)cn1. The van der Waals surface area contributed by atoms with Gasteiger partial charge in [0, 0.05) is 6.20 Å². The lowest BCUT2D eigenvalue weighted by Gasteiger charge is -1.93. The van der Waals surface area contributed by atoms with E-state index in [1.54, 1.807) is 12.1 Å². The van der Waals surface area contributed by atoms with Crippen LogP contribution in [0.3, 0.4) is 0 Å². The van der Waals surface area contributed by atoms with Crippen LogP contribution in [0.15, 0.2) is 24.9 Å². The molecule has 0 amide bonds. The summed E-state index contributed by atoms with van der Waals surface area (Å²) in [4.78, 5) is 14.2. The number of carboxylic acid groups (broad SMARTS) is 1. The van der Waals surface area contributed by atoms with Gasteiger partial charge in [-0.1, -0.05) is 6.58 Å². The Hall–Kier alpha value is -1.64. The summed E-state index contributed by atoms with van der Waals surface area (Å²) in [5.41, 5.74) is 0.866. The zero-order valence-electron chi connectivity index (χ0n) is 5.82. The second-order valence-corrected chi connectivity index (χ2v) is 1.98. The smallest absolute Gasteiger partial charge is 0.337 e. The van der Waals surface area contributed by atoms with Crippen LogP contribution in [0, 0.1) is 0 Å². The molecule has 1 heterocycles. The molecule has 0 spiro atoms. The summed E-state index contributed by atoms with van der Waals surface area (Å²) >= 11 is 0. The van der Waals surface area contributed by atoms with Crippen LogP contribution in [0.2, 0.25) is 0 Å². The number of carbonyl (C=O) groups is 1. The molecule has 1 rings (SSSR count). The summed E-state index contributed by atoms with van der Waals surface area (Å²) in [7, 11) is 0. The van der Waals surface area contributed by atoms with Gasteiger partial charge in [-0.15, -0.1) is 0 Å². The van der Waals surface area contributed by atoms with Gasteiger partial charge in [0.2, 0.25) is 0 Å². The molecule has 1 N–H and O–H groups in total. The predicted octanol–water partition coefficient (Wildman–Crippen LogP) is 1.42. The first-order valence-corrected chi connectivity index (χ1v) is 3.06. The average molecular weight is 149 g/mol. The van der Waals surface area contributed by atoms with E-state index in [0.29, 0.717) is 5.69 Å². The second kappa shape index (κ2) is 2.96. The number of hydrogen-bond acceptors (Lipinski definition) is 2. The molecule has 0 aromatic carbocycles. The Morgan fingerprint density at radius 1 is 1.64 bits per heavy atom. The van der Waals surface area contributed by atoms with Crippen molar-refractivity contribution in [3.05, 3.63) is 36.2 Å². The third-order valence-corrected chi connectivity index (χ3v) is 1.24. The van der Waals surface area contributed by atoms with E-state index in [2.05, 4.69) is 11.6 Å². The second-order valence-electron chi connectivity index (χ2n) is 1.98. The molecule has 0 saturated carbocycles. The Kier molecular flexibility index (Phi) is 2.01. The monoisotopic (exact) mass is 149 g/mol. The lowest BCUT2D eigenvalue weighted by molar-refractivity contribution is 0.0696. The fourth-order valence-corrected chi connectivity index (χ4v) is 0.653. The van der Waals surface area contributed by atoms with Gasteiger partial charge in [0.25, 0.3) is 0 Å². The minimum absolute atomic E-state index is 0.190. The van der Waals surface area contributed by atoms with E-state index in [1.165, 1.54) is 12.3 Å². The highest BCUT2D eigenvalue weighted by Crippen LogP contribution is 2.00. The quantitative estimate of drug-likeness (QED) is 0.691. The molecule has 0 aliphatic heterocycles. The maximum atomic E-state index is 10.3. The number of pyridine rings is 1. The fourth-order valence-electron chi connectivity index (χ4n) is 0.653. The number of nitrogens with zero attached hydrogens (tertiary/aromatic N) is 1. The first kappa shape index (κ1) is 7.47. The van der Waals surface area contributed by atoms with E-state index >= 15 is 0 Å². The van der Waals surface area contributed by atoms with Crippen molar-refractivity contribution in [2.75, 3.05) is 0 Å². The molecule has 56 valence electrons. The average Bonchev–Trinajstić information content (AvgIpc) is 2.05. The van der Waals surface area contributed by atoms with Crippen molar-refractivity contribution in [2.45, 2.75) is 0 Å². The van der Waals surface area contributed by atoms with Crippen molar-refractivity contribution in [2.24, 2.45) is 0 Å². The molecule has 1 aromatic heterocycles. The standard InChI is InChI=1S/C8H7NO2/c1-2-7-4-3-6(5-9-7)8(10)11/h2-5H,1H2,(H,10,11). The van der Waals surface area contributed by atoms with Crippen LogP contribution in [0.4, 0.5) is 0 Å². The van der Waals surface area contributed by atoms with E-state index < -0.39 is 5.97 Å².